The fourth-order valence-corrected chi connectivity index (χ4v) is 2.69. The second-order valence-electron chi connectivity index (χ2n) is 6.21. The molecule has 6 heteroatoms. The average Bonchev–Trinajstić information content (AvgIpc) is 3.26. The molecule has 1 aromatic rings. The van der Waals surface area contributed by atoms with Gasteiger partial charge in [0.15, 0.2) is 5.96 Å². The Kier molecular flexibility index (Phi) is 4.81. The highest BCUT2D eigenvalue weighted by molar-refractivity contribution is 5.94. The number of aliphatic imine (C=N–C) groups is 1. The Balaban J connectivity index is 1.58. The number of nitrogens with zero attached hydrogens (tertiary/aromatic N) is 2. The highest BCUT2D eigenvalue weighted by Gasteiger charge is 2.27. The first-order chi connectivity index (χ1) is 11.1. The van der Waals surface area contributed by atoms with Gasteiger partial charge in [0.1, 0.15) is 6.10 Å². The van der Waals surface area contributed by atoms with E-state index in [9.17, 15) is 4.79 Å². The van der Waals surface area contributed by atoms with Gasteiger partial charge in [-0.25, -0.2) is 4.99 Å². The molecule has 1 amide bonds. The number of rotatable bonds is 5. The summed E-state index contributed by atoms with van der Waals surface area (Å²) in [5.41, 5.74) is 7.78. The van der Waals surface area contributed by atoms with Gasteiger partial charge in [-0.2, -0.15) is 0 Å². The number of carbonyl (C=O) groups is 1. The summed E-state index contributed by atoms with van der Waals surface area (Å²) < 4.78 is 5.39. The Morgan fingerprint density at radius 2 is 2.26 bits per heavy atom. The van der Waals surface area contributed by atoms with Crippen molar-refractivity contribution in [2.45, 2.75) is 44.4 Å². The number of hydrogen-bond donors (Lipinski definition) is 2. The minimum absolute atomic E-state index is 0.0730. The summed E-state index contributed by atoms with van der Waals surface area (Å²) in [5.74, 6) is 0.498. The van der Waals surface area contributed by atoms with Crippen LogP contribution >= 0.6 is 0 Å². The van der Waals surface area contributed by atoms with Crippen LogP contribution in [0, 0.1) is 0 Å². The third-order valence-electron chi connectivity index (χ3n) is 4.30. The maximum absolute atomic E-state index is 12.1. The zero-order valence-electron chi connectivity index (χ0n) is 13.5. The van der Waals surface area contributed by atoms with Gasteiger partial charge in [-0.15, -0.1) is 0 Å². The van der Waals surface area contributed by atoms with Crippen molar-refractivity contribution in [1.82, 2.24) is 4.90 Å². The van der Waals surface area contributed by atoms with E-state index in [-0.39, 0.29) is 12.0 Å². The lowest BCUT2D eigenvalue weighted by Crippen LogP contribution is -2.35. The smallest absolute Gasteiger partial charge is 0.253 e. The second kappa shape index (κ2) is 7.00. The van der Waals surface area contributed by atoms with Gasteiger partial charge >= 0.3 is 0 Å². The van der Waals surface area contributed by atoms with Crippen LogP contribution in [0.4, 0.5) is 5.69 Å². The minimum atomic E-state index is -0.320. The molecule has 1 aromatic carbocycles. The predicted molar refractivity (Wildman–Crippen MR) is 90.2 cm³/mol. The minimum Gasteiger partial charge on any atom is -0.370 e. The zero-order valence-corrected chi connectivity index (χ0v) is 13.5. The molecule has 0 aromatic heterocycles. The number of nitrogens with two attached hydrogens (primary N) is 1. The van der Waals surface area contributed by atoms with E-state index < -0.39 is 0 Å². The summed E-state index contributed by atoms with van der Waals surface area (Å²) in [6.45, 7) is 1.17. The third kappa shape index (κ3) is 4.22. The van der Waals surface area contributed by atoms with Crippen LogP contribution in [0.2, 0.25) is 0 Å². The number of amides is 1. The van der Waals surface area contributed by atoms with E-state index in [0.29, 0.717) is 25.2 Å². The van der Waals surface area contributed by atoms with Crippen molar-refractivity contribution in [2.75, 3.05) is 19.0 Å². The van der Waals surface area contributed by atoms with Crippen LogP contribution in [-0.4, -0.2) is 42.6 Å². The molecular formula is C17H24N4O2. The van der Waals surface area contributed by atoms with Crippen molar-refractivity contribution in [2.24, 2.45) is 10.7 Å². The van der Waals surface area contributed by atoms with Gasteiger partial charge in [0.25, 0.3) is 5.91 Å². The average molecular weight is 316 g/mol. The molecule has 2 aliphatic rings. The molecular weight excluding hydrogens is 292 g/mol. The number of carbonyl (C=O) groups excluding carboxylic acids is 1. The van der Waals surface area contributed by atoms with Gasteiger partial charge in [0.05, 0.1) is 6.54 Å². The van der Waals surface area contributed by atoms with E-state index in [4.69, 9.17) is 10.5 Å². The summed E-state index contributed by atoms with van der Waals surface area (Å²) in [6.07, 6.45) is 3.80. The number of ether oxygens (including phenoxy) is 1. The highest BCUT2D eigenvalue weighted by atomic mass is 16.5. The molecule has 3 rings (SSSR count). The molecule has 6 nitrogen and oxygen atoms in total. The van der Waals surface area contributed by atoms with Crippen LogP contribution in [0.5, 0.6) is 0 Å². The molecule has 1 unspecified atom stereocenters. The standard InChI is InChI=1S/C17H24N4O2/c1-21(14-7-8-14)17(18)19-11-12-4-2-5-13(10-12)20-16(22)15-6-3-9-23-15/h2,4-5,10,14-15H,3,6-9,11H2,1H3,(H2,18,19)(H,20,22). The van der Waals surface area contributed by atoms with E-state index in [1.54, 1.807) is 0 Å². The maximum atomic E-state index is 12.1. The van der Waals surface area contributed by atoms with Crippen LogP contribution in [0.3, 0.4) is 0 Å². The lowest BCUT2D eigenvalue weighted by Gasteiger charge is -2.17. The van der Waals surface area contributed by atoms with Crippen molar-refractivity contribution in [1.29, 1.82) is 0 Å². The fourth-order valence-electron chi connectivity index (χ4n) is 2.69. The van der Waals surface area contributed by atoms with Crippen LogP contribution in [0.1, 0.15) is 31.2 Å². The molecule has 2 fully saturated rings. The van der Waals surface area contributed by atoms with Gasteiger partial charge in [-0.1, -0.05) is 12.1 Å². The molecule has 124 valence electrons. The molecule has 1 aliphatic heterocycles. The van der Waals surface area contributed by atoms with Crippen molar-refractivity contribution in [3.05, 3.63) is 29.8 Å². The lowest BCUT2D eigenvalue weighted by molar-refractivity contribution is -0.124. The maximum Gasteiger partial charge on any atom is 0.253 e. The van der Waals surface area contributed by atoms with E-state index in [1.807, 2.05) is 36.2 Å². The zero-order chi connectivity index (χ0) is 16.2. The van der Waals surface area contributed by atoms with Crippen molar-refractivity contribution in [3.8, 4) is 0 Å². The molecule has 0 bridgehead atoms. The molecule has 3 N–H and O–H groups in total. The molecule has 23 heavy (non-hydrogen) atoms. The monoisotopic (exact) mass is 316 g/mol. The van der Waals surface area contributed by atoms with Crippen molar-refractivity contribution >= 4 is 17.6 Å². The largest absolute Gasteiger partial charge is 0.370 e. The quantitative estimate of drug-likeness (QED) is 0.640. The summed E-state index contributed by atoms with van der Waals surface area (Å²) in [5, 5.41) is 2.91. The normalized spacial score (nSPS) is 21.3. The van der Waals surface area contributed by atoms with Crippen LogP contribution < -0.4 is 11.1 Å². The molecule has 0 spiro atoms. The lowest BCUT2D eigenvalue weighted by atomic mass is 10.2. The third-order valence-corrected chi connectivity index (χ3v) is 4.30. The number of guanidine groups is 1. The first-order valence-electron chi connectivity index (χ1n) is 8.17. The Hall–Kier alpha value is -2.08. The van der Waals surface area contributed by atoms with Crippen molar-refractivity contribution < 1.29 is 9.53 Å². The first kappa shape index (κ1) is 15.8. The number of anilines is 1. The van der Waals surface area contributed by atoms with Gasteiger partial charge in [-0.05, 0) is 43.4 Å². The summed E-state index contributed by atoms with van der Waals surface area (Å²) in [6, 6.07) is 8.25. The molecule has 1 saturated heterocycles. The molecule has 1 saturated carbocycles. The van der Waals surface area contributed by atoms with Crippen LogP contribution in [0.25, 0.3) is 0 Å². The Morgan fingerprint density at radius 3 is 2.96 bits per heavy atom. The van der Waals surface area contributed by atoms with E-state index in [1.165, 1.54) is 12.8 Å². The molecule has 1 heterocycles. The fraction of sp³-hybridized carbons (Fsp3) is 0.529. The van der Waals surface area contributed by atoms with E-state index in [0.717, 1.165) is 24.1 Å². The van der Waals surface area contributed by atoms with Crippen LogP contribution in [0.15, 0.2) is 29.3 Å². The Labute approximate surface area is 136 Å². The van der Waals surface area contributed by atoms with Crippen molar-refractivity contribution in [3.63, 3.8) is 0 Å². The highest BCUT2D eigenvalue weighted by Crippen LogP contribution is 2.25. The van der Waals surface area contributed by atoms with Gasteiger partial charge < -0.3 is 20.7 Å². The number of hydrogen-bond acceptors (Lipinski definition) is 3. The Morgan fingerprint density at radius 1 is 1.43 bits per heavy atom. The van der Waals surface area contributed by atoms with Gasteiger partial charge in [-0.3, -0.25) is 4.79 Å². The Bertz CT molecular complexity index is 592. The SMILES string of the molecule is CN(C(N)=NCc1cccc(NC(=O)C2CCCO2)c1)C1CC1. The summed E-state index contributed by atoms with van der Waals surface area (Å²) in [4.78, 5) is 18.5. The van der Waals surface area contributed by atoms with E-state index >= 15 is 0 Å². The predicted octanol–water partition coefficient (Wildman–Crippen LogP) is 1.71. The molecule has 1 atom stereocenters. The number of nitrogens with one attached hydrogen (secondary N) is 1. The topological polar surface area (TPSA) is 80.0 Å². The molecule has 1 aliphatic carbocycles. The van der Waals surface area contributed by atoms with Gasteiger partial charge in [0.2, 0.25) is 0 Å². The number of benzene rings is 1. The first-order valence-corrected chi connectivity index (χ1v) is 8.17. The van der Waals surface area contributed by atoms with Gasteiger partial charge in [0, 0.05) is 25.4 Å². The second-order valence-corrected chi connectivity index (χ2v) is 6.21. The summed E-state index contributed by atoms with van der Waals surface area (Å²) >= 11 is 0. The van der Waals surface area contributed by atoms with Crippen LogP contribution in [-0.2, 0) is 16.1 Å². The van der Waals surface area contributed by atoms with E-state index in [2.05, 4.69) is 10.3 Å². The molecule has 0 radical (unpaired) electrons. The summed E-state index contributed by atoms with van der Waals surface area (Å²) in [7, 11) is 1.98.